The molecule has 0 spiro atoms. The van der Waals surface area contributed by atoms with Crippen molar-refractivity contribution in [1.29, 1.82) is 0 Å². The van der Waals surface area contributed by atoms with Crippen molar-refractivity contribution in [2.24, 2.45) is 5.41 Å². The molecule has 0 aliphatic rings. The van der Waals surface area contributed by atoms with E-state index >= 15 is 0 Å². The number of aliphatic hydroxyl groups excluding tert-OH is 1. The number of aliphatic hydroxyl groups is 1. The lowest BCUT2D eigenvalue weighted by molar-refractivity contribution is -0.141. The molecule has 0 unspecified atom stereocenters. The minimum Gasteiger partial charge on any atom is -0.396 e. The van der Waals surface area contributed by atoms with Crippen molar-refractivity contribution in [2.45, 2.75) is 39.4 Å². The summed E-state index contributed by atoms with van der Waals surface area (Å²) in [6.45, 7) is 4.10. The molecule has 5 nitrogen and oxygen atoms in total. The van der Waals surface area contributed by atoms with Crippen molar-refractivity contribution in [1.82, 2.24) is 15.1 Å². The number of alkyl halides is 3. The van der Waals surface area contributed by atoms with Crippen LogP contribution in [0.2, 0.25) is 0 Å². The average Bonchev–Trinajstić information content (AvgIpc) is 2.83. The average molecular weight is 307 g/mol. The van der Waals surface area contributed by atoms with Crippen molar-refractivity contribution < 1.29 is 23.1 Å². The van der Waals surface area contributed by atoms with E-state index in [1.54, 1.807) is 0 Å². The number of aromatic nitrogens is 2. The number of nitrogens with one attached hydrogen (secondary N) is 1. The summed E-state index contributed by atoms with van der Waals surface area (Å²) < 4.78 is 38.1. The third-order valence-electron chi connectivity index (χ3n) is 3.01. The lowest BCUT2D eigenvalue weighted by Gasteiger charge is -2.24. The molecule has 0 aromatic carbocycles. The highest BCUT2D eigenvalue weighted by atomic mass is 19.4. The summed E-state index contributed by atoms with van der Waals surface area (Å²) in [4.78, 5) is 11.7. The van der Waals surface area contributed by atoms with Gasteiger partial charge in [0.05, 0.1) is 0 Å². The van der Waals surface area contributed by atoms with Gasteiger partial charge in [0.2, 0.25) is 5.91 Å². The molecule has 2 N–H and O–H groups in total. The fraction of sp³-hybridized carbons (Fsp3) is 0.692. The molecular formula is C13H20F3N3O2. The van der Waals surface area contributed by atoms with Gasteiger partial charge < -0.3 is 10.4 Å². The second-order valence-corrected chi connectivity index (χ2v) is 5.66. The standard InChI is InChI=1S/C13H20F3N3O2/c1-12(2,5-3-7-20)9-17-11(21)8-19-6-4-10(18-19)13(14,15)16/h4,6,20H,3,5,7-9H2,1-2H3,(H,17,21). The fourth-order valence-corrected chi connectivity index (χ4v) is 1.79. The molecule has 0 fully saturated rings. The van der Waals surface area contributed by atoms with Gasteiger partial charge in [-0.25, -0.2) is 0 Å². The second kappa shape index (κ2) is 6.93. The zero-order chi connectivity index (χ0) is 16.1. The molecule has 0 atom stereocenters. The fourth-order valence-electron chi connectivity index (χ4n) is 1.79. The Bertz CT molecular complexity index is 469. The minimum absolute atomic E-state index is 0.0882. The molecule has 0 aliphatic heterocycles. The highest BCUT2D eigenvalue weighted by Gasteiger charge is 2.33. The van der Waals surface area contributed by atoms with Gasteiger partial charge in [-0.2, -0.15) is 18.3 Å². The van der Waals surface area contributed by atoms with Gasteiger partial charge in [0.1, 0.15) is 6.54 Å². The summed E-state index contributed by atoms with van der Waals surface area (Å²) in [5.74, 6) is -0.399. The second-order valence-electron chi connectivity index (χ2n) is 5.66. The molecule has 1 aromatic heterocycles. The molecule has 0 aliphatic carbocycles. The predicted molar refractivity (Wildman–Crippen MR) is 70.3 cm³/mol. The molecular weight excluding hydrogens is 287 g/mol. The molecule has 0 saturated heterocycles. The van der Waals surface area contributed by atoms with E-state index in [0.717, 1.165) is 23.4 Å². The Morgan fingerprint density at radius 2 is 2.10 bits per heavy atom. The number of hydrogen-bond donors (Lipinski definition) is 2. The summed E-state index contributed by atoms with van der Waals surface area (Å²) in [5, 5.41) is 14.8. The zero-order valence-corrected chi connectivity index (χ0v) is 12.1. The smallest absolute Gasteiger partial charge is 0.396 e. The number of amides is 1. The van der Waals surface area contributed by atoms with Gasteiger partial charge in [0, 0.05) is 19.3 Å². The number of halogens is 3. The quantitative estimate of drug-likeness (QED) is 0.807. The van der Waals surface area contributed by atoms with E-state index in [1.165, 1.54) is 0 Å². The molecule has 1 amide bonds. The van der Waals surface area contributed by atoms with Crippen LogP contribution in [0.3, 0.4) is 0 Å². The van der Waals surface area contributed by atoms with Crippen LogP contribution in [0, 0.1) is 5.41 Å². The minimum atomic E-state index is -4.51. The lowest BCUT2D eigenvalue weighted by atomic mass is 9.88. The number of carbonyl (C=O) groups excluding carboxylic acids is 1. The Hall–Kier alpha value is -1.57. The third kappa shape index (κ3) is 6.16. The maximum atomic E-state index is 12.4. The largest absolute Gasteiger partial charge is 0.435 e. The topological polar surface area (TPSA) is 67.2 Å². The highest BCUT2D eigenvalue weighted by molar-refractivity contribution is 5.75. The van der Waals surface area contributed by atoms with E-state index in [2.05, 4.69) is 10.4 Å². The van der Waals surface area contributed by atoms with Crippen molar-refractivity contribution in [3.8, 4) is 0 Å². The summed E-state index contributed by atoms with van der Waals surface area (Å²) in [6.07, 6.45) is -2.01. The normalized spacial score (nSPS) is 12.5. The zero-order valence-electron chi connectivity index (χ0n) is 12.1. The maximum Gasteiger partial charge on any atom is 0.435 e. The number of carbonyl (C=O) groups is 1. The van der Waals surface area contributed by atoms with Gasteiger partial charge in [0.25, 0.3) is 0 Å². The van der Waals surface area contributed by atoms with Crippen molar-refractivity contribution in [3.63, 3.8) is 0 Å². The Kier molecular flexibility index (Phi) is 5.77. The van der Waals surface area contributed by atoms with Crippen LogP contribution in [0.4, 0.5) is 13.2 Å². The summed E-state index contributed by atoms with van der Waals surface area (Å²) >= 11 is 0. The van der Waals surface area contributed by atoms with Crippen LogP contribution in [0.25, 0.3) is 0 Å². The van der Waals surface area contributed by atoms with E-state index in [1.807, 2.05) is 13.8 Å². The van der Waals surface area contributed by atoms with E-state index in [4.69, 9.17) is 5.11 Å². The van der Waals surface area contributed by atoms with Crippen molar-refractivity contribution in [2.75, 3.05) is 13.2 Å². The Morgan fingerprint density at radius 3 is 2.62 bits per heavy atom. The summed E-state index contributed by atoms with van der Waals surface area (Å²) in [5.41, 5.74) is -1.20. The molecule has 0 saturated carbocycles. The molecule has 120 valence electrons. The van der Waals surface area contributed by atoms with Gasteiger partial charge in [-0.1, -0.05) is 13.8 Å². The Morgan fingerprint density at radius 1 is 1.43 bits per heavy atom. The summed E-state index contributed by atoms with van der Waals surface area (Å²) in [7, 11) is 0. The molecule has 1 aromatic rings. The van der Waals surface area contributed by atoms with Crippen LogP contribution in [0.15, 0.2) is 12.3 Å². The Balaban J connectivity index is 2.45. The SMILES string of the molecule is CC(C)(CCCO)CNC(=O)Cn1ccc(C(F)(F)F)n1. The van der Waals surface area contributed by atoms with Gasteiger partial charge >= 0.3 is 6.18 Å². The van der Waals surface area contributed by atoms with E-state index in [-0.39, 0.29) is 18.6 Å². The monoisotopic (exact) mass is 307 g/mol. The molecule has 21 heavy (non-hydrogen) atoms. The Labute approximate surface area is 121 Å². The van der Waals surface area contributed by atoms with Gasteiger partial charge in [-0.15, -0.1) is 0 Å². The third-order valence-corrected chi connectivity index (χ3v) is 3.01. The molecule has 8 heteroatoms. The van der Waals surface area contributed by atoms with E-state index in [0.29, 0.717) is 13.0 Å². The number of hydrogen-bond acceptors (Lipinski definition) is 3. The maximum absolute atomic E-state index is 12.4. The molecule has 0 bridgehead atoms. The number of rotatable bonds is 7. The van der Waals surface area contributed by atoms with Crippen LogP contribution in [0.1, 0.15) is 32.4 Å². The molecule has 0 radical (unpaired) electrons. The summed E-state index contributed by atoms with van der Waals surface area (Å²) in [6, 6.07) is 0.832. The van der Waals surface area contributed by atoms with Crippen LogP contribution in [0.5, 0.6) is 0 Å². The van der Waals surface area contributed by atoms with Crippen molar-refractivity contribution >= 4 is 5.91 Å². The lowest BCUT2D eigenvalue weighted by Crippen LogP contribution is -2.36. The van der Waals surface area contributed by atoms with E-state index in [9.17, 15) is 18.0 Å². The predicted octanol–water partition coefficient (Wildman–Crippen LogP) is 1.82. The number of nitrogens with zero attached hydrogens (tertiary/aromatic N) is 2. The van der Waals surface area contributed by atoms with Crippen LogP contribution < -0.4 is 5.32 Å². The van der Waals surface area contributed by atoms with E-state index < -0.39 is 17.8 Å². The highest BCUT2D eigenvalue weighted by Crippen LogP contribution is 2.27. The van der Waals surface area contributed by atoms with Crippen LogP contribution in [-0.4, -0.2) is 33.9 Å². The first-order chi connectivity index (χ1) is 9.64. The first-order valence-electron chi connectivity index (χ1n) is 6.62. The molecule has 1 rings (SSSR count). The van der Waals surface area contributed by atoms with Crippen LogP contribution >= 0.6 is 0 Å². The first kappa shape index (κ1) is 17.5. The van der Waals surface area contributed by atoms with Crippen LogP contribution in [-0.2, 0) is 17.5 Å². The van der Waals surface area contributed by atoms with Gasteiger partial charge in [-0.05, 0) is 24.3 Å². The molecule has 1 heterocycles. The van der Waals surface area contributed by atoms with Gasteiger partial charge in [-0.3, -0.25) is 9.48 Å². The van der Waals surface area contributed by atoms with Crippen molar-refractivity contribution in [3.05, 3.63) is 18.0 Å². The first-order valence-corrected chi connectivity index (χ1v) is 6.62. The van der Waals surface area contributed by atoms with Gasteiger partial charge in [0.15, 0.2) is 5.69 Å².